The maximum absolute atomic E-state index is 9.10. The lowest BCUT2D eigenvalue weighted by Crippen LogP contribution is -2.35. The van der Waals surface area contributed by atoms with E-state index in [2.05, 4.69) is 20.9 Å². The number of hydrogen-bond donors (Lipinski definition) is 0. The Balaban J connectivity index is 1.92. The van der Waals surface area contributed by atoms with Gasteiger partial charge in [0.1, 0.15) is 6.07 Å². The molecule has 88 valence electrons. The van der Waals surface area contributed by atoms with Crippen LogP contribution in [0.5, 0.6) is 0 Å². The highest BCUT2D eigenvalue weighted by Gasteiger charge is 2.37. The number of aromatic nitrogens is 2. The molecule has 2 heterocycles. The molecule has 2 fully saturated rings. The van der Waals surface area contributed by atoms with Crippen LogP contribution in [0.15, 0.2) is 12.4 Å². The fourth-order valence-corrected chi connectivity index (χ4v) is 3.29. The molecule has 2 aliphatic rings. The van der Waals surface area contributed by atoms with E-state index in [1.54, 1.807) is 12.4 Å². The Kier molecular flexibility index (Phi) is 2.68. The number of fused-ring (bicyclic) bond motifs is 1. The summed E-state index contributed by atoms with van der Waals surface area (Å²) in [6, 6.07) is 2.74. The third kappa shape index (κ3) is 1.76. The first kappa shape index (κ1) is 10.5. The average molecular weight is 228 g/mol. The van der Waals surface area contributed by atoms with Crippen molar-refractivity contribution in [2.45, 2.75) is 38.1 Å². The van der Waals surface area contributed by atoms with Crippen LogP contribution in [0.3, 0.4) is 0 Å². The molecule has 4 nitrogen and oxygen atoms in total. The van der Waals surface area contributed by atoms with E-state index in [1.807, 2.05) is 0 Å². The van der Waals surface area contributed by atoms with Crippen molar-refractivity contribution in [2.24, 2.45) is 5.92 Å². The van der Waals surface area contributed by atoms with E-state index in [1.165, 1.54) is 32.1 Å². The van der Waals surface area contributed by atoms with Gasteiger partial charge in [0.15, 0.2) is 11.5 Å². The van der Waals surface area contributed by atoms with Crippen LogP contribution in [0.4, 0.5) is 5.82 Å². The van der Waals surface area contributed by atoms with Gasteiger partial charge in [-0.3, -0.25) is 0 Å². The van der Waals surface area contributed by atoms with Crippen molar-refractivity contribution in [3.05, 3.63) is 18.1 Å². The Morgan fingerprint density at radius 1 is 1.18 bits per heavy atom. The minimum Gasteiger partial charge on any atom is -0.351 e. The fourth-order valence-electron chi connectivity index (χ4n) is 3.29. The highest BCUT2D eigenvalue weighted by Crippen LogP contribution is 2.38. The Bertz CT molecular complexity index is 451. The van der Waals surface area contributed by atoms with Crippen LogP contribution in [0, 0.1) is 17.2 Å². The second kappa shape index (κ2) is 4.33. The van der Waals surface area contributed by atoms with Gasteiger partial charge in [-0.2, -0.15) is 5.26 Å². The van der Waals surface area contributed by atoms with Gasteiger partial charge < -0.3 is 4.90 Å². The first-order valence-corrected chi connectivity index (χ1v) is 6.38. The van der Waals surface area contributed by atoms with E-state index in [0.717, 1.165) is 18.3 Å². The standard InChI is InChI=1S/C13H16N4/c14-9-11-13(16-7-6-15-11)17-8-5-10-3-1-2-4-12(10)17/h6-7,10,12H,1-5,8H2. The molecule has 0 bridgehead atoms. The quantitative estimate of drug-likeness (QED) is 0.738. The van der Waals surface area contributed by atoms with Gasteiger partial charge in [0.2, 0.25) is 0 Å². The molecule has 2 atom stereocenters. The van der Waals surface area contributed by atoms with E-state index >= 15 is 0 Å². The van der Waals surface area contributed by atoms with Crippen LogP contribution in [-0.2, 0) is 0 Å². The Labute approximate surface area is 101 Å². The maximum Gasteiger partial charge on any atom is 0.183 e. The smallest absolute Gasteiger partial charge is 0.183 e. The van der Waals surface area contributed by atoms with Crippen LogP contribution < -0.4 is 4.90 Å². The average Bonchev–Trinajstić information content (AvgIpc) is 2.82. The number of anilines is 1. The van der Waals surface area contributed by atoms with E-state index in [-0.39, 0.29) is 0 Å². The SMILES string of the molecule is N#Cc1nccnc1N1CCC2CCCCC21. The maximum atomic E-state index is 9.10. The van der Waals surface area contributed by atoms with Gasteiger partial charge in [0.25, 0.3) is 0 Å². The first-order chi connectivity index (χ1) is 8.40. The summed E-state index contributed by atoms with van der Waals surface area (Å²) in [5.74, 6) is 1.60. The largest absolute Gasteiger partial charge is 0.351 e. The van der Waals surface area contributed by atoms with Crippen molar-refractivity contribution < 1.29 is 0 Å². The molecule has 17 heavy (non-hydrogen) atoms. The summed E-state index contributed by atoms with van der Waals surface area (Å²) in [6.07, 6.45) is 9.77. The molecule has 0 N–H and O–H groups in total. The van der Waals surface area contributed by atoms with Crippen molar-refractivity contribution in [3.8, 4) is 6.07 Å². The van der Waals surface area contributed by atoms with Crippen LogP contribution in [0.1, 0.15) is 37.8 Å². The molecule has 0 spiro atoms. The summed E-state index contributed by atoms with van der Waals surface area (Å²) in [6.45, 7) is 1.03. The van der Waals surface area contributed by atoms with Gasteiger partial charge in [0, 0.05) is 25.0 Å². The van der Waals surface area contributed by atoms with Gasteiger partial charge >= 0.3 is 0 Å². The summed E-state index contributed by atoms with van der Waals surface area (Å²) < 4.78 is 0. The van der Waals surface area contributed by atoms with Crippen molar-refractivity contribution in [2.75, 3.05) is 11.4 Å². The normalized spacial score (nSPS) is 27.6. The molecule has 1 aromatic rings. The predicted molar refractivity (Wildman–Crippen MR) is 64.5 cm³/mol. The fraction of sp³-hybridized carbons (Fsp3) is 0.615. The lowest BCUT2D eigenvalue weighted by molar-refractivity contribution is 0.341. The third-order valence-electron chi connectivity index (χ3n) is 4.07. The first-order valence-electron chi connectivity index (χ1n) is 6.38. The summed E-state index contributed by atoms with van der Waals surface area (Å²) in [4.78, 5) is 10.8. The Morgan fingerprint density at radius 3 is 2.88 bits per heavy atom. The van der Waals surface area contributed by atoms with Crippen LogP contribution >= 0.6 is 0 Å². The number of hydrogen-bond acceptors (Lipinski definition) is 4. The molecule has 1 aromatic heterocycles. The lowest BCUT2D eigenvalue weighted by Gasteiger charge is -2.32. The molecular formula is C13H16N4. The van der Waals surface area contributed by atoms with Crippen LogP contribution in [0.25, 0.3) is 0 Å². The molecule has 2 unspecified atom stereocenters. The molecule has 1 saturated carbocycles. The predicted octanol–water partition coefficient (Wildman–Crippen LogP) is 2.12. The van der Waals surface area contributed by atoms with Gasteiger partial charge in [-0.05, 0) is 25.2 Å². The summed E-state index contributed by atoms with van der Waals surface area (Å²) in [5, 5.41) is 9.10. The van der Waals surface area contributed by atoms with Gasteiger partial charge in [-0.1, -0.05) is 12.8 Å². The highest BCUT2D eigenvalue weighted by molar-refractivity contribution is 5.51. The molecule has 3 rings (SSSR count). The second-order valence-corrected chi connectivity index (χ2v) is 4.93. The number of rotatable bonds is 1. The molecule has 1 aliphatic carbocycles. The van der Waals surface area contributed by atoms with Crippen molar-refractivity contribution in [1.29, 1.82) is 5.26 Å². The zero-order valence-electron chi connectivity index (χ0n) is 9.84. The zero-order valence-corrected chi connectivity index (χ0v) is 9.84. The van der Waals surface area contributed by atoms with Crippen LogP contribution in [-0.4, -0.2) is 22.6 Å². The lowest BCUT2D eigenvalue weighted by atomic mass is 9.85. The van der Waals surface area contributed by atoms with E-state index in [4.69, 9.17) is 5.26 Å². The van der Waals surface area contributed by atoms with Crippen molar-refractivity contribution in [1.82, 2.24) is 9.97 Å². The number of nitrogens with zero attached hydrogens (tertiary/aromatic N) is 4. The van der Waals surface area contributed by atoms with Gasteiger partial charge in [-0.25, -0.2) is 9.97 Å². The monoisotopic (exact) mass is 228 g/mol. The third-order valence-corrected chi connectivity index (χ3v) is 4.07. The Hall–Kier alpha value is -1.63. The van der Waals surface area contributed by atoms with Crippen molar-refractivity contribution in [3.63, 3.8) is 0 Å². The molecule has 0 radical (unpaired) electrons. The second-order valence-electron chi connectivity index (χ2n) is 4.93. The minimum absolute atomic E-state index is 0.471. The molecule has 0 amide bonds. The zero-order chi connectivity index (χ0) is 11.7. The molecule has 1 aliphatic heterocycles. The summed E-state index contributed by atoms with van der Waals surface area (Å²) >= 11 is 0. The molecule has 0 aromatic carbocycles. The summed E-state index contributed by atoms with van der Waals surface area (Å²) in [5.41, 5.74) is 0.471. The molecular weight excluding hydrogens is 212 g/mol. The van der Waals surface area contributed by atoms with E-state index in [0.29, 0.717) is 11.7 Å². The molecule has 4 heteroatoms. The van der Waals surface area contributed by atoms with Crippen LogP contribution in [0.2, 0.25) is 0 Å². The van der Waals surface area contributed by atoms with Crippen molar-refractivity contribution >= 4 is 5.82 Å². The minimum atomic E-state index is 0.471. The van der Waals surface area contributed by atoms with E-state index in [9.17, 15) is 0 Å². The van der Waals surface area contributed by atoms with E-state index < -0.39 is 0 Å². The highest BCUT2D eigenvalue weighted by atomic mass is 15.2. The number of nitriles is 1. The van der Waals surface area contributed by atoms with Gasteiger partial charge in [-0.15, -0.1) is 0 Å². The Morgan fingerprint density at radius 2 is 2.00 bits per heavy atom. The topological polar surface area (TPSA) is 52.8 Å². The van der Waals surface area contributed by atoms with Gasteiger partial charge in [0.05, 0.1) is 0 Å². The molecule has 1 saturated heterocycles. The summed E-state index contributed by atoms with van der Waals surface area (Å²) in [7, 11) is 0.